The van der Waals surface area contributed by atoms with Gasteiger partial charge in [-0.2, -0.15) is 0 Å². The van der Waals surface area contributed by atoms with Crippen LogP contribution < -0.4 is 10.7 Å². The summed E-state index contributed by atoms with van der Waals surface area (Å²) < 4.78 is 0. The maximum absolute atomic E-state index is 11.4. The van der Waals surface area contributed by atoms with Crippen molar-refractivity contribution in [3.05, 3.63) is 29.8 Å². The van der Waals surface area contributed by atoms with Gasteiger partial charge in [-0.3, -0.25) is 10.2 Å². The van der Waals surface area contributed by atoms with E-state index in [4.69, 9.17) is 5.41 Å². The van der Waals surface area contributed by atoms with Crippen LogP contribution in [0, 0.1) is 6.92 Å². The van der Waals surface area contributed by atoms with Crippen LogP contribution in [-0.2, 0) is 4.79 Å². The molecule has 0 aromatic heterocycles. The van der Waals surface area contributed by atoms with E-state index >= 15 is 0 Å². The normalized spacial score (nSPS) is 9.67. The first-order chi connectivity index (χ1) is 7.22. The molecule has 0 fully saturated rings. The molecule has 0 radical (unpaired) electrons. The molecule has 0 unspecified atom stereocenters. The summed E-state index contributed by atoms with van der Waals surface area (Å²) in [4.78, 5) is 11.4. The van der Waals surface area contributed by atoms with Crippen LogP contribution in [0.5, 0.6) is 0 Å². The smallest absolute Gasteiger partial charge is 0.234 e. The largest absolute Gasteiger partial charge is 0.325 e. The lowest BCUT2D eigenvalue weighted by Gasteiger charge is -2.04. The highest BCUT2D eigenvalue weighted by molar-refractivity contribution is 8.00. The summed E-state index contributed by atoms with van der Waals surface area (Å²) in [6.45, 7) is 2.01. The van der Waals surface area contributed by atoms with Crippen molar-refractivity contribution in [1.29, 1.82) is 0 Å². The molecular weight excluding hydrogens is 208 g/mol. The highest BCUT2D eigenvalue weighted by Gasteiger charge is 2.01. The number of nitrogens with two attached hydrogens (primary N) is 1. The van der Waals surface area contributed by atoms with Crippen molar-refractivity contribution in [2.24, 2.45) is 0 Å². The number of anilines is 1. The van der Waals surface area contributed by atoms with E-state index in [1.165, 1.54) is 17.3 Å². The first kappa shape index (κ1) is 11.8. The second-order valence-electron chi connectivity index (χ2n) is 3.17. The molecule has 0 heterocycles. The molecule has 15 heavy (non-hydrogen) atoms. The zero-order chi connectivity index (χ0) is 11.1. The van der Waals surface area contributed by atoms with Gasteiger partial charge >= 0.3 is 0 Å². The molecule has 80 valence electrons. The molecule has 0 atom stereocenters. The number of rotatable bonds is 5. The summed E-state index contributed by atoms with van der Waals surface area (Å²) in [6, 6.07) is 7.73. The summed E-state index contributed by atoms with van der Waals surface area (Å²) in [7, 11) is 0. The van der Waals surface area contributed by atoms with Crippen molar-refractivity contribution in [3.8, 4) is 0 Å². The summed E-state index contributed by atoms with van der Waals surface area (Å²) in [6.07, 6.45) is 1.55. The van der Waals surface area contributed by atoms with Crippen LogP contribution in [-0.4, -0.2) is 23.6 Å². The van der Waals surface area contributed by atoms with E-state index in [0.29, 0.717) is 11.5 Å². The third-order valence-electron chi connectivity index (χ3n) is 1.78. The van der Waals surface area contributed by atoms with Crippen LogP contribution in [0.3, 0.4) is 0 Å². The molecule has 0 bridgehead atoms. The van der Waals surface area contributed by atoms with Crippen LogP contribution in [0.1, 0.15) is 5.56 Å². The van der Waals surface area contributed by atoms with Gasteiger partial charge in [0, 0.05) is 5.69 Å². The number of nitrogens with one attached hydrogen (secondary N) is 1. The maximum atomic E-state index is 11.4. The van der Waals surface area contributed by atoms with Crippen LogP contribution in [0.2, 0.25) is 0 Å². The van der Waals surface area contributed by atoms with Crippen molar-refractivity contribution in [1.82, 2.24) is 0 Å². The van der Waals surface area contributed by atoms with E-state index < -0.39 is 0 Å². The number of carbonyl (C=O) groups is 1. The number of hydrogen-bond acceptors (Lipinski definition) is 2. The molecule has 4 heteroatoms. The maximum Gasteiger partial charge on any atom is 0.234 e. The Morgan fingerprint density at radius 3 is 2.73 bits per heavy atom. The first-order valence-electron chi connectivity index (χ1n) is 4.70. The van der Waals surface area contributed by atoms with Gasteiger partial charge in [-0.15, -0.1) is 11.8 Å². The Morgan fingerprint density at radius 1 is 1.47 bits per heavy atom. The Bertz CT molecular complexity index is 335. The van der Waals surface area contributed by atoms with Crippen LogP contribution in [0.25, 0.3) is 0 Å². The van der Waals surface area contributed by atoms with Gasteiger partial charge in [0.25, 0.3) is 0 Å². The SMILES string of the molecule is Cc1ccc(NC(=O)CSCC=[NH2+])cc1. The van der Waals surface area contributed by atoms with E-state index in [9.17, 15) is 4.79 Å². The third kappa shape index (κ3) is 4.65. The monoisotopic (exact) mass is 223 g/mol. The Labute approximate surface area is 93.8 Å². The molecule has 0 spiro atoms. The Kier molecular flexibility index (Phi) is 4.90. The average molecular weight is 223 g/mol. The first-order valence-corrected chi connectivity index (χ1v) is 5.85. The molecule has 3 N–H and O–H groups in total. The van der Waals surface area contributed by atoms with Crippen LogP contribution >= 0.6 is 11.8 Å². The average Bonchev–Trinajstić information content (AvgIpc) is 2.22. The molecule has 3 nitrogen and oxygen atoms in total. The molecule has 0 saturated carbocycles. The quantitative estimate of drug-likeness (QED) is 0.564. The molecule has 1 rings (SSSR count). The number of benzene rings is 1. The second-order valence-corrected chi connectivity index (χ2v) is 4.20. The lowest BCUT2D eigenvalue weighted by atomic mass is 10.2. The highest BCUT2D eigenvalue weighted by Crippen LogP contribution is 2.09. The number of amides is 1. The van der Waals surface area contributed by atoms with Crippen molar-refractivity contribution in [2.75, 3.05) is 16.8 Å². The van der Waals surface area contributed by atoms with Crippen molar-refractivity contribution < 1.29 is 10.2 Å². The van der Waals surface area contributed by atoms with Crippen molar-refractivity contribution in [3.63, 3.8) is 0 Å². The van der Waals surface area contributed by atoms with Gasteiger partial charge < -0.3 is 5.32 Å². The highest BCUT2D eigenvalue weighted by atomic mass is 32.2. The second kappa shape index (κ2) is 6.24. The predicted molar refractivity (Wildman–Crippen MR) is 65.1 cm³/mol. The molecular formula is C11H15N2OS+. The standard InChI is InChI=1S/C11H14N2OS/c1-9-2-4-10(5-3-9)13-11(14)8-15-7-6-12/h2-6,12H,7-8H2,1H3,(H,13,14)/p+1. The molecule has 0 saturated heterocycles. The summed E-state index contributed by atoms with van der Waals surface area (Å²) in [5, 5.41) is 8.02. The van der Waals surface area contributed by atoms with Crippen LogP contribution in [0.15, 0.2) is 24.3 Å². The Hall–Kier alpha value is -1.29. The number of aryl methyl sites for hydroxylation is 1. The number of hydrogen-bond donors (Lipinski definition) is 2. The predicted octanol–water partition coefficient (Wildman–Crippen LogP) is 0.497. The van der Waals surface area contributed by atoms with Crippen LogP contribution in [0.4, 0.5) is 5.69 Å². The lowest BCUT2D eigenvalue weighted by Crippen LogP contribution is -2.30. The molecule has 0 aliphatic carbocycles. The molecule has 1 aromatic rings. The fraction of sp³-hybridized carbons (Fsp3) is 0.273. The minimum Gasteiger partial charge on any atom is -0.325 e. The van der Waals surface area contributed by atoms with E-state index in [1.807, 2.05) is 31.2 Å². The van der Waals surface area contributed by atoms with Gasteiger partial charge in [-0.1, -0.05) is 17.7 Å². The molecule has 1 aromatic carbocycles. The minimum absolute atomic E-state index is 0.00528. The molecule has 0 aliphatic rings. The van der Waals surface area contributed by atoms with E-state index in [0.717, 1.165) is 5.69 Å². The van der Waals surface area contributed by atoms with E-state index in [1.54, 1.807) is 6.21 Å². The summed E-state index contributed by atoms with van der Waals surface area (Å²) in [5.41, 5.74) is 2.02. The van der Waals surface area contributed by atoms with Gasteiger partial charge in [0.2, 0.25) is 5.91 Å². The molecule has 0 aliphatic heterocycles. The summed E-state index contributed by atoms with van der Waals surface area (Å²) in [5.74, 6) is 1.13. The zero-order valence-electron chi connectivity index (χ0n) is 8.69. The Morgan fingerprint density at radius 2 is 2.13 bits per heavy atom. The Balaban J connectivity index is 2.37. The van der Waals surface area contributed by atoms with E-state index in [2.05, 4.69) is 5.32 Å². The number of thioether (sulfide) groups is 1. The minimum atomic E-state index is 0.00528. The van der Waals surface area contributed by atoms with Crippen molar-refractivity contribution >= 4 is 29.6 Å². The van der Waals surface area contributed by atoms with Gasteiger partial charge in [-0.05, 0) is 19.1 Å². The van der Waals surface area contributed by atoms with Gasteiger partial charge in [0.05, 0.1) is 11.5 Å². The lowest BCUT2D eigenvalue weighted by molar-refractivity contribution is -0.113. The van der Waals surface area contributed by atoms with Gasteiger partial charge in [0.15, 0.2) is 0 Å². The van der Waals surface area contributed by atoms with Crippen molar-refractivity contribution in [2.45, 2.75) is 6.92 Å². The van der Waals surface area contributed by atoms with Gasteiger partial charge in [-0.25, -0.2) is 0 Å². The topological polar surface area (TPSA) is 54.7 Å². The zero-order valence-corrected chi connectivity index (χ0v) is 9.51. The fourth-order valence-electron chi connectivity index (χ4n) is 1.05. The van der Waals surface area contributed by atoms with Gasteiger partial charge in [0.1, 0.15) is 6.21 Å². The fourth-order valence-corrected chi connectivity index (χ4v) is 1.57. The summed E-state index contributed by atoms with van der Waals surface area (Å²) >= 11 is 1.49. The third-order valence-corrected chi connectivity index (χ3v) is 2.68. The molecule has 1 amide bonds. The number of carbonyl (C=O) groups excluding carboxylic acids is 1. The van der Waals surface area contributed by atoms with E-state index in [-0.39, 0.29) is 5.91 Å².